The zero-order valence-corrected chi connectivity index (χ0v) is 22.1. The van der Waals surface area contributed by atoms with Crippen LogP contribution >= 0.6 is 0 Å². The van der Waals surface area contributed by atoms with Crippen LogP contribution in [0, 0.1) is 0 Å². The number of carbonyl (C=O) groups excluding carboxylic acids is 1. The van der Waals surface area contributed by atoms with Crippen molar-refractivity contribution in [3.63, 3.8) is 0 Å². The van der Waals surface area contributed by atoms with Crippen molar-refractivity contribution in [1.29, 1.82) is 0 Å². The maximum atomic E-state index is 11.7. The number of carbonyl (C=O) groups is 1. The van der Waals surface area contributed by atoms with Crippen LogP contribution in [0.3, 0.4) is 0 Å². The zero-order chi connectivity index (χ0) is 23.4. The molecule has 0 saturated heterocycles. The van der Waals surface area contributed by atoms with Crippen molar-refractivity contribution >= 4 is 5.97 Å². The summed E-state index contributed by atoms with van der Waals surface area (Å²) in [7, 11) is 0. The topological polar surface area (TPSA) is 26.3 Å². The van der Waals surface area contributed by atoms with Crippen LogP contribution in [0.5, 0.6) is 0 Å². The van der Waals surface area contributed by atoms with Gasteiger partial charge in [0.05, 0.1) is 6.26 Å². The number of unbranched alkanes of at least 4 members (excludes halogenated alkanes) is 22. The molecule has 2 heteroatoms. The summed E-state index contributed by atoms with van der Waals surface area (Å²) in [6.07, 6.45) is 36.2. The number of hydrogen-bond donors (Lipinski definition) is 0. The standard InChI is InChI=1S/C30H58O2/c1-3-5-7-9-11-13-14-15-16-17-18-19-21-23-25-27-29-32-30(31)28-26-24-22-20-12-10-8-6-4-2/h27,29H,3-26,28H2,1-2H3. The van der Waals surface area contributed by atoms with Gasteiger partial charge in [-0.3, -0.25) is 4.79 Å². The van der Waals surface area contributed by atoms with Crippen LogP contribution in [-0.2, 0) is 9.53 Å². The predicted octanol–water partition coefficient (Wildman–Crippen LogP) is 10.8. The van der Waals surface area contributed by atoms with Crippen LogP contribution in [0.15, 0.2) is 12.3 Å². The molecule has 0 rings (SSSR count). The summed E-state index contributed by atoms with van der Waals surface area (Å²) in [5.41, 5.74) is 0. The molecule has 0 atom stereocenters. The summed E-state index contributed by atoms with van der Waals surface area (Å²) < 4.78 is 5.21. The molecule has 0 fully saturated rings. The number of allylic oxidation sites excluding steroid dienone is 1. The normalized spacial score (nSPS) is 11.4. The quantitative estimate of drug-likeness (QED) is 0.0743. The van der Waals surface area contributed by atoms with Gasteiger partial charge in [0.1, 0.15) is 0 Å². The van der Waals surface area contributed by atoms with Crippen molar-refractivity contribution in [2.45, 2.75) is 174 Å². The molecular formula is C30H58O2. The van der Waals surface area contributed by atoms with Crippen molar-refractivity contribution in [3.05, 3.63) is 12.3 Å². The average molecular weight is 451 g/mol. The lowest BCUT2D eigenvalue weighted by molar-refractivity contribution is -0.138. The average Bonchev–Trinajstić information content (AvgIpc) is 2.80. The summed E-state index contributed by atoms with van der Waals surface area (Å²) in [5.74, 6) is -0.0647. The van der Waals surface area contributed by atoms with E-state index in [-0.39, 0.29) is 5.97 Å². The molecule has 0 aromatic carbocycles. The van der Waals surface area contributed by atoms with Crippen LogP contribution in [-0.4, -0.2) is 5.97 Å². The zero-order valence-electron chi connectivity index (χ0n) is 22.1. The molecule has 0 spiro atoms. The molecule has 0 aliphatic rings. The van der Waals surface area contributed by atoms with Gasteiger partial charge < -0.3 is 4.74 Å². The predicted molar refractivity (Wildman–Crippen MR) is 142 cm³/mol. The van der Waals surface area contributed by atoms with Gasteiger partial charge in [0.2, 0.25) is 0 Å². The molecular weight excluding hydrogens is 392 g/mol. The number of esters is 1. The summed E-state index contributed by atoms with van der Waals surface area (Å²) in [5, 5.41) is 0. The highest BCUT2D eigenvalue weighted by Crippen LogP contribution is 2.14. The van der Waals surface area contributed by atoms with Crippen LogP contribution in [0.25, 0.3) is 0 Å². The Labute approximate surface area is 202 Å². The molecule has 0 saturated carbocycles. The Bertz CT molecular complexity index is 388. The van der Waals surface area contributed by atoms with Crippen LogP contribution in [0.4, 0.5) is 0 Å². The van der Waals surface area contributed by atoms with E-state index in [4.69, 9.17) is 4.74 Å². The lowest BCUT2D eigenvalue weighted by Crippen LogP contribution is -1.98. The van der Waals surface area contributed by atoms with Gasteiger partial charge in [0.15, 0.2) is 0 Å². The van der Waals surface area contributed by atoms with Crippen molar-refractivity contribution in [2.24, 2.45) is 0 Å². The molecule has 0 N–H and O–H groups in total. The number of ether oxygens (including phenoxy) is 1. The summed E-state index contributed by atoms with van der Waals surface area (Å²) >= 11 is 0. The number of hydrogen-bond acceptors (Lipinski definition) is 2. The third-order valence-corrected chi connectivity index (χ3v) is 6.50. The second kappa shape index (κ2) is 28.2. The monoisotopic (exact) mass is 450 g/mol. The highest BCUT2D eigenvalue weighted by molar-refractivity contribution is 5.69. The molecule has 0 heterocycles. The van der Waals surface area contributed by atoms with Gasteiger partial charge in [0, 0.05) is 6.42 Å². The molecule has 0 aliphatic carbocycles. The lowest BCUT2D eigenvalue weighted by atomic mass is 10.0. The Kier molecular flexibility index (Phi) is 27.5. The van der Waals surface area contributed by atoms with Gasteiger partial charge >= 0.3 is 5.97 Å². The van der Waals surface area contributed by atoms with E-state index < -0.39 is 0 Å². The smallest absolute Gasteiger partial charge is 0.310 e. The Hall–Kier alpha value is -0.790. The Morgan fingerprint density at radius 1 is 0.500 bits per heavy atom. The first-order valence-electron chi connectivity index (χ1n) is 14.7. The van der Waals surface area contributed by atoms with E-state index in [0.717, 1.165) is 19.3 Å². The van der Waals surface area contributed by atoms with Crippen molar-refractivity contribution < 1.29 is 9.53 Å². The largest absolute Gasteiger partial charge is 0.435 e. The van der Waals surface area contributed by atoms with Gasteiger partial charge in [-0.15, -0.1) is 0 Å². The minimum atomic E-state index is -0.0647. The van der Waals surface area contributed by atoms with E-state index in [1.165, 1.54) is 135 Å². The van der Waals surface area contributed by atoms with E-state index in [0.29, 0.717) is 6.42 Å². The highest BCUT2D eigenvalue weighted by atomic mass is 16.5. The molecule has 32 heavy (non-hydrogen) atoms. The molecule has 0 aliphatic heterocycles. The molecule has 0 amide bonds. The fourth-order valence-corrected chi connectivity index (χ4v) is 4.29. The van der Waals surface area contributed by atoms with E-state index in [1.807, 2.05) is 6.08 Å². The number of rotatable bonds is 26. The third-order valence-electron chi connectivity index (χ3n) is 6.50. The van der Waals surface area contributed by atoms with Gasteiger partial charge in [-0.2, -0.15) is 0 Å². The molecule has 2 nitrogen and oxygen atoms in total. The maximum Gasteiger partial charge on any atom is 0.310 e. The van der Waals surface area contributed by atoms with Crippen LogP contribution in [0.1, 0.15) is 174 Å². The summed E-state index contributed by atoms with van der Waals surface area (Å²) in [6.45, 7) is 4.54. The molecule has 0 radical (unpaired) electrons. The van der Waals surface area contributed by atoms with Gasteiger partial charge in [-0.1, -0.05) is 149 Å². The summed E-state index contributed by atoms with van der Waals surface area (Å²) in [6, 6.07) is 0. The van der Waals surface area contributed by atoms with Gasteiger partial charge in [-0.05, 0) is 25.3 Å². The van der Waals surface area contributed by atoms with E-state index >= 15 is 0 Å². The van der Waals surface area contributed by atoms with Crippen molar-refractivity contribution in [3.8, 4) is 0 Å². The first-order chi connectivity index (χ1) is 15.8. The van der Waals surface area contributed by atoms with Crippen molar-refractivity contribution in [1.82, 2.24) is 0 Å². The highest BCUT2D eigenvalue weighted by Gasteiger charge is 2.00. The lowest BCUT2D eigenvalue weighted by Gasteiger charge is -2.03. The van der Waals surface area contributed by atoms with E-state index in [9.17, 15) is 4.79 Å². The van der Waals surface area contributed by atoms with Crippen LogP contribution < -0.4 is 0 Å². The molecule has 0 bridgehead atoms. The molecule has 0 unspecified atom stereocenters. The first-order valence-corrected chi connectivity index (χ1v) is 14.7. The summed E-state index contributed by atoms with van der Waals surface area (Å²) in [4.78, 5) is 11.7. The van der Waals surface area contributed by atoms with Crippen LogP contribution in [0.2, 0.25) is 0 Å². The first kappa shape index (κ1) is 31.2. The molecule has 0 aromatic heterocycles. The van der Waals surface area contributed by atoms with Crippen molar-refractivity contribution in [2.75, 3.05) is 0 Å². The Balaban J connectivity index is 3.21. The Morgan fingerprint density at radius 2 is 0.844 bits per heavy atom. The fourth-order valence-electron chi connectivity index (χ4n) is 4.29. The molecule has 0 aromatic rings. The maximum absolute atomic E-state index is 11.7. The SMILES string of the molecule is CCCCCCCCCCCCCCCCC=COC(=O)CCCCCCCCCCC. The second-order valence-electron chi connectivity index (χ2n) is 9.82. The second-order valence-corrected chi connectivity index (χ2v) is 9.82. The fraction of sp³-hybridized carbons (Fsp3) is 0.900. The van der Waals surface area contributed by atoms with Gasteiger partial charge in [-0.25, -0.2) is 0 Å². The minimum Gasteiger partial charge on any atom is -0.435 e. The van der Waals surface area contributed by atoms with E-state index in [2.05, 4.69) is 13.8 Å². The van der Waals surface area contributed by atoms with E-state index in [1.54, 1.807) is 6.26 Å². The molecule has 190 valence electrons. The Morgan fingerprint density at radius 3 is 1.25 bits per heavy atom. The third kappa shape index (κ3) is 27.2. The minimum absolute atomic E-state index is 0.0647. The van der Waals surface area contributed by atoms with Gasteiger partial charge in [0.25, 0.3) is 0 Å².